The Kier molecular flexibility index (Phi) is 6.37. The first-order valence-electron chi connectivity index (χ1n) is 9.70. The van der Waals surface area contributed by atoms with E-state index in [1.54, 1.807) is 24.4 Å². The lowest BCUT2D eigenvalue weighted by Gasteiger charge is -2.16. The van der Waals surface area contributed by atoms with Crippen LogP contribution in [0.15, 0.2) is 66.9 Å². The monoisotopic (exact) mass is 483 g/mol. The Labute approximate surface area is 199 Å². The molecule has 0 aliphatic heterocycles. The number of carbonyl (C=O) groups is 1. The summed E-state index contributed by atoms with van der Waals surface area (Å²) in [5.41, 5.74) is 15.0. The Bertz CT molecular complexity index is 1310. The van der Waals surface area contributed by atoms with Crippen LogP contribution in [0.4, 0.5) is 5.82 Å². The SMILES string of the molecule is CC(Oc1cc(-c2cc(-c3cccc(Cl)c3)cnc2N)sc1C(N)=O)c1ccccc1Cl. The molecule has 2 heterocycles. The van der Waals surface area contributed by atoms with Crippen LogP contribution >= 0.6 is 34.5 Å². The molecule has 4 aromatic rings. The fourth-order valence-corrected chi connectivity index (χ4v) is 4.77. The Hall–Kier alpha value is -3.06. The molecule has 2 aromatic carbocycles. The maximum absolute atomic E-state index is 12.1. The molecule has 162 valence electrons. The topological polar surface area (TPSA) is 91.2 Å². The molecule has 1 unspecified atom stereocenters. The van der Waals surface area contributed by atoms with Gasteiger partial charge < -0.3 is 16.2 Å². The number of carbonyl (C=O) groups excluding carboxylic acids is 1. The van der Waals surface area contributed by atoms with Crippen molar-refractivity contribution >= 4 is 46.3 Å². The van der Waals surface area contributed by atoms with Gasteiger partial charge in [0.1, 0.15) is 22.5 Å². The number of pyridine rings is 1. The highest BCUT2D eigenvalue weighted by molar-refractivity contribution is 7.17. The lowest BCUT2D eigenvalue weighted by Crippen LogP contribution is -2.12. The molecular weight excluding hydrogens is 465 g/mol. The van der Waals surface area contributed by atoms with Crippen molar-refractivity contribution in [2.45, 2.75) is 13.0 Å². The molecule has 5 nitrogen and oxygen atoms in total. The summed E-state index contributed by atoms with van der Waals surface area (Å²) in [7, 11) is 0. The molecule has 0 aliphatic carbocycles. The van der Waals surface area contributed by atoms with E-state index in [2.05, 4.69) is 4.98 Å². The van der Waals surface area contributed by atoms with Crippen LogP contribution in [-0.4, -0.2) is 10.9 Å². The van der Waals surface area contributed by atoms with E-state index in [9.17, 15) is 4.79 Å². The molecule has 0 radical (unpaired) electrons. The van der Waals surface area contributed by atoms with Gasteiger partial charge in [0.15, 0.2) is 0 Å². The highest BCUT2D eigenvalue weighted by Gasteiger charge is 2.21. The first-order chi connectivity index (χ1) is 15.3. The number of benzene rings is 2. The van der Waals surface area contributed by atoms with E-state index >= 15 is 0 Å². The maximum Gasteiger partial charge on any atom is 0.262 e. The van der Waals surface area contributed by atoms with Crippen molar-refractivity contribution in [1.82, 2.24) is 4.98 Å². The second-order valence-electron chi connectivity index (χ2n) is 7.12. The van der Waals surface area contributed by atoms with Crippen molar-refractivity contribution in [3.63, 3.8) is 0 Å². The second kappa shape index (κ2) is 9.20. The maximum atomic E-state index is 12.1. The van der Waals surface area contributed by atoms with E-state index in [4.69, 9.17) is 39.4 Å². The van der Waals surface area contributed by atoms with Crippen LogP contribution in [0.1, 0.15) is 28.3 Å². The summed E-state index contributed by atoms with van der Waals surface area (Å²) >= 11 is 13.6. The largest absolute Gasteiger partial charge is 0.484 e. The van der Waals surface area contributed by atoms with Crippen molar-refractivity contribution in [3.05, 3.63) is 87.3 Å². The van der Waals surface area contributed by atoms with Crippen molar-refractivity contribution < 1.29 is 9.53 Å². The number of nitrogen functional groups attached to an aromatic ring is 1. The van der Waals surface area contributed by atoms with E-state index in [1.165, 1.54) is 11.3 Å². The molecule has 0 bridgehead atoms. The van der Waals surface area contributed by atoms with Gasteiger partial charge in [-0.3, -0.25) is 4.79 Å². The van der Waals surface area contributed by atoms with E-state index in [0.29, 0.717) is 36.9 Å². The van der Waals surface area contributed by atoms with Gasteiger partial charge in [0.25, 0.3) is 5.91 Å². The Morgan fingerprint density at radius 1 is 1.06 bits per heavy atom. The standard InChI is InChI=1S/C24H19Cl2N3O2S/c1-13(17-7-2-3-8-19(17)26)31-20-11-21(32-22(20)24(28)30)18-10-15(12-29-23(18)27)14-5-4-6-16(25)9-14/h2-13H,1H3,(H2,27,29)(H2,28,30). The van der Waals surface area contributed by atoms with Gasteiger partial charge >= 0.3 is 0 Å². The number of ether oxygens (including phenoxy) is 1. The summed E-state index contributed by atoms with van der Waals surface area (Å²) < 4.78 is 6.09. The summed E-state index contributed by atoms with van der Waals surface area (Å²) in [6.45, 7) is 1.86. The van der Waals surface area contributed by atoms with E-state index < -0.39 is 12.0 Å². The minimum absolute atomic E-state index is 0.298. The molecular formula is C24H19Cl2N3O2S. The minimum atomic E-state index is -0.583. The highest BCUT2D eigenvalue weighted by atomic mass is 35.5. The first-order valence-corrected chi connectivity index (χ1v) is 11.3. The quantitative estimate of drug-likeness (QED) is 0.322. The van der Waals surface area contributed by atoms with Crippen LogP contribution in [0, 0.1) is 0 Å². The lowest BCUT2D eigenvalue weighted by molar-refractivity contribution is 0.0998. The molecule has 32 heavy (non-hydrogen) atoms. The van der Waals surface area contributed by atoms with Crippen molar-refractivity contribution in [2.75, 3.05) is 5.73 Å². The summed E-state index contributed by atoms with van der Waals surface area (Å²) in [6.07, 6.45) is 1.29. The van der Waals surface area contributed by atoms with Gasteiger partial charge in [0, 0.05) is 37.8 Å². The Balaban J connectivity index is 1.73. The molecule has 0 aliphatic rings. The number of thiophene rings is 1. The number of nitrogens with zero attached hydrogens (tertiary/aromatic N) is 1. The van der Waals surface area contributed by atoms with Crippen LogP contribution in [0.25, 0.3) is 21.6 Å². The zero-order valence-electron chi connectivity index (χ0n) is 17.0. The van der Waals surface area contributed by atoms with Gasteiger partial charge in [-0.25, -0.2) is 4.98 Å². The summed E-state index contributed by atoms with van der Waals surface area (Å²) in [5.74, 6) is 0.122. The number of anilines is 1. The molecule has 0 spiro atoms. The van der Waals surface area contributed by atoms with Gasteiger partial charge in [-0.05, 0) is 42.8 Å². The van der Waals surface area contributed by atoms with Gasteiger partial charge in [0.2, 0.25) is 0 Å². The van der Waals surface area contributed by atoms with Crippen molar-refractivity contribution in [3.8, 4) is 27.3 Å². The number of rotatable bonds is 6. The molecule has 2 aromatic heterocycles. The summed E-state index contributed by atoms with van der Waals surface area (Å²) in [4.78, 5) is 17.5. The third kappa shape index (κ3) is 4.58. The third-order valence-corrected chi connectivity index (χ3v) is 6.65. The number of primary amides is 1. The van der Waals surface area contributed by atoms with E-state index in [0.717, 1.165) is 16.7 Å². The van der Waals surface area contributed by atoms with E-state index in [-0.39, 0.29) is 0 Å². The van der Waals surface area contributed by atoms with Gasteiger partial charge in [-0.2, -0.15) is 0 Å². The minimum Gasteiger partial charge on any atom is -0.484 e. The van der Waals surface area contributed by atoms with Gasteiger partial charge in [0.05, 0.1) is 0 Å². The van der Waals surface area contributed by atoms with Gasteiger partial charge in [-0.1, -0.05) is 53.5 Å². The Morgan fingerprint density at radius 3 is 2.56 bits per heavy atom. The molecule has 0 saturated carbocycles. The zero-order valence-corrected chi connectivity index (χ0v) is 19.3. The molecule has 0 saturated heterocycles. The van der Waals surface area contributed by atoms with Crippen LogP contribution in [0.5, 0.6) is 5.75 Å². The van der Waals surface area contributed by atoms with Crippen LogP contribution in [0.2, 0.25) is 10.0 Å². The van der Waals surface area contributed by atoms with E-state index in [1.807, 2.05) is 49.4 Å². The fourth-order valence-electron chi connectivity index (χ4n) is 3.32. The average Bonchev–Trinajstić information content (AvgIpc) is 3.18. The van der Waals surface area contributed by atoms with Crippen molar-refractivity contribution in [2.24, 2.45) is 5.73 Å². The highest BCUT2D eigenvalue weighted by Crippen LogP contribution is 2.41. The van der Waals surface area contributed by atoms with Crippen LogP contribution in [0.3, 0.4) is 0 Å². The Morgan fingerprint density at radius 2 is 1.84 bits per heavy atom. The predicted molar refractivity (Wildman–Crippen MR) is 131 cm³/mol. The predicted octanol–water partition coefficient (Wildman–Crippen LogP) is 6.61. The lowest BCUT2D eigenvalue weighted by atomic mass is 10.0. The number of hydrogen-bond donors (Lipinski definition) is 2. The van der Waals surface area contributed by atoms with Crippen LogP contribution in [-0.2, 0) is 0 Å². The van der Waals surface area contributed by atoms with Crippen molar-refractivity contribution in [1.29, 1.82) is 0 Å². The fraction of sp³-hybridized carbons (Fsp3) is 0.0833. The third-order valence-electron chi connectivity index (χ3n) is 4.91. The summed E-state index contributed by atoms with van der Waals surface area (Å²) in [5, 5.41) is 1.20. The molecule has 1 atom stereocenters. The molecule has 8 heteroatoms. The number of hydrogen-bond acceptors (Lipinski definition) is 5. The second-order valence-corrected chi connectivity index (χ2v) is 9.01. The summed E-state index contributed by atoms with van der Waals surface area (Å²) in [6, 6.07) is 18.5. The zero-order chi connectivity index (χ0) is 22.8. The molecule has 1 amide bonds. The van der Waals surface area contributed by atoms with Gasteiger partial charge in [-0.15, -0.1) is 11.3 Å². The smallest absolute Gasteiger partial charge is 0.262 e. The number of aromatic nitrogens is 1. The number of amides is 1. The first kappa shape index (κ1) is 22.1. The molecule has 4 N–H and O–H groups in total. The molecule has 4 rings (SSSR count). The van der Waals surface area contributed by atoms with Crippen LogP contribution < -0.4 is 16.2 Å². The number of halogens is 2. The normalized spacial score (nSPS) is 11.8. The average molecular weight is 484 g/mol. The molecule has 0 fully saturated rings. The number of nitrogens with two attached hydrogens (primary N) is 2.